The third-order valence-corrected chi connectivity index (χ3v) is 7.79. The van der Waals surface area contributed by atoms with E-state index >= 15 is 0 Å². The van der Waals surface area contributed by atoms with Crippen LogP contribution in [0.15, 0.2) is 60.9 Å². The van der Waals surface area contributed by atoms with E-state index in [0.717, 1.165) is 5.56 Å². The van der Waals surface area contributed by atoms with E-state index in [4.69, 9.17) is 20.1 Å². The smallest absolute Gasteiger partial charge is 0.416 e. The Labute approximate surface area is 289 Å². The molecule has 0 fully saturated rings. The number of aromatic nitrogens is 2. The SMILES string of the molecule is COc1cc(CN(Cc2cc(C(F)(F)F)cc(C(F)(F)F)c2)c2ncc(OCCCC(=O)ON)cn2)c(-c2cc(C(C)C)ccc2OC)cc1O. The minimum atomic E-state index is -5.06. The summed E-state index contributed by atoms with van der Waals surface area (Å²) in [7, 11) is 2.80. The van der Waals surface area contributed by atoms with E-state index in [1.807, 2.05) is 26.0 Å². The van der Waals surface area contributed by atoms with Crippen molar-refractivity contribution in [1.29, 1.82) is 0 Å². The van der Waals surface area contributed by atoms with Gasteiger partial charge in [-0.05, 0) is 77.1 Å². The molecule has 0 bridgehead atoms. The molecular weight excluding hydrogens is 686 g/mol. The molecule has 274 valence electrons. The first kappa shape index (κ1) is 38.6. The van der Waals surface area contributed by atoms with Crippen LogP contribution in [-0.4, -0.2) is 41.9 Å². The highest BCUT2D eigenvalue weighted by atomic mass is 19.4. The maximum atomic E-state index is 13.8. The van der Waals surface area contributed by atoms with Crippen molar-refractivity contribution < 1.29 is 55.3 Å². The van der Waals surface area contributed by atoms with Crippen molar-refractivity contribution in [3.05, 3.63) is 88.7 Å². The monoisotopic (exact) mass is 722 g/mol. The number of benzene rings is 3. The number of ether oxygens (including phenoxy) is 3. The Balaban J connectivity index is 1.83. The number of phenols is 1. The molecule has 0 aliphatic heterocycles. The number of halogens is 6. The lowest BCUT2D eigenvalue weighted by Gasteiger charge is -2.26. The molecule has 3 aromatic carbocycles. The van der Waals surface area contributed by atoms with Gasteiger partial charge in [0.25, 0.3) is 0 Å². The molecule has 4 aromatic rings. The quantitative estimate of drug-likeness (QED) is 0.0756. The molecule has 10 nitrogen and oxygen atoms in total. The van der Waals surface area contributed by atoms with Gasteiger partial charge in [-0.2, -0.15) is 32.2 Å². The van der Waals surface area contributed by atoms with Crippen LogP contribution in [0.3, 0.4) is 0 Å². The van der Waals surface area contributed by atoms with Crippen LogP contribution < -0.4 is 25.0 Å². The fourth-order valence-corrected chi connectivity index (χ4v) is 5.20. The minimum Gasteiger partial charge on any atom is -0.504 e. The summed E-state index contributed by atoms with van der Waals surface area (Å²) in [5.74, 6) is 4.70. The van der Waals surface area contributed by atoms with Crippen LogP contribution >= 0.6 is 0 Å². The lowest BCUT2D eigenvalue weighted by atomic mass is 9.93. The molecule has 0 amide bonds. The Morgan fingerprint density at radius 2 is 1.49 bits per heavy atom. The standard InChI is InChI=1S/C35H36F6N4O6/c1-20(2)22-7-8-30(48-3)28(12-22)27-15-29(46)31(49-4)13-23(27)19-45(33-43-16-26(17-44-33)50-9-5-6-32(47)51-42)18-21-10-24(34(36,37)38)14-25(11-21)35(39,40)41/h7-8,10-17,20,46H,5-6,9,18-19,42H2,1-4H3. The van der Waals surface area contributed by atoms with E-state index in [-0.39, 0.29) is 66.7 Å². The number of nitrogens with zero attached hydrogens (tertiary/aromatic N) is 3. The average Bonchev–Trinajstić information content (AvgIpc) is 3.09. The first-order valence-electron chi connectivity index (χ1n) is 15.5. The van der Waals surface area contributed by atoms with Gasteiger partial charge in [0.2, 0.25) is 5.95 Å². The van der Waals surface area contributed by atoms with Crippen molar-refractivity contribution in [2.24, 2.45) is 5.90 Å². The van der Waals surface area contributed by atoms with Gasteiger partial charge < -0.3 is 29.1 Å². The topological polar surface area (TPSA) is 129 Å². The Morgan fingerprint density at radius 1 is 0.863 bits per heavy atom. The van der Waals surface area contributed by atoms with Crippen molar-refractivity contribution in [2.45, 2.75) is 58.0 Å². The highest BCUT2D eigenvalue weighted by Gasteiger charge is 2.37. The normalized spacial score (nSPS) is 11.8. The lowest BCUT2D eigenvalue weighted by Crippen LogP contribution is -2.25. The van der Waals surface area contributed by atoms with Crippen molar-refractivity contribution >= 4 is 11.9 Å². The second kappa shape index (κ2) is 16.2. The second-order valence-corrected chi connectivity index (χ2v) is 11.7. The van der Waals surface area contributed by atoms with Gasteiger partial charge in [0.1, 0.15) is 5.75 Å². The molecule has 0 aliphatic carbocycles. The molecule has 0 spiro atoms. The molecule has 3 N–H and O–H groups in total. The molecule has 0 unspecified atom stereocenters. The summed E-state index contributed by atoms with van der Waals surface area (Å²) >= 11 is 0. The fourth-order valence-electron chi connectivity index (χ4n) is 5.20. The molecule has 4 rings (SSSR count). The van der Waals surface area contributed by atoms with E-state index in [1.54, 1.807) is 6.07 Å². The van der Waals surface area contributed by atoms with Crippen LogP contribution in [0.1, 0.15) is 60.4 Å². The number of carbonyl (C=O) groups excluding carboxylic acids is 1. The molecule has 0 atom stereocenters. The number of rotatable bonds is 14. The van der Waals surface area contributed by atoms with Gasteiger partial charge in [-0.15, -0.1) is 0 Å². The molecule has 0 saturated heterocycles. The van der Waals surface area contributed by atoms with E-state index in [0.29, 0.717) is 34.6 Å². The van der Waals surface area contributed by atoms with Crippen LogP contribution in [0.5, 0.6) is 23.0 Å². The van der Waals surface area contributed by atoms with E-state index in [9.17, 15) is 36.2 Å². The number of hydrogen-bond donors (Lipinski definition) is 2. The summed E-state index contributed by atoms with van der Waals surface area (Å²) < 4.78 is 99.3. The van der Waals surface area contributed by atoms with Crippen molar-refractivity contribution in [3.8, 4) is 34.1 Å². The van der Waals surface area contributed by atoms with Crippen molar-refractivity contribution in [1.82, 2.24) is 9.97 Å². The highest BCUT2D eigenvalue weighted by Crippen LogP contribution is 2.42. The summed E-state index contributed by atoms with van der Waals surface area (Å²) in [6.45, 7) is 3.37. The number of aromatic hydroxyl groups is 1. The molecule has 1 heterocycles. The van der Waals surface area contributed by atoms with Gasteiger partial charge >= 0.3 is 18.3 Å². The Hall–Kier alpha value is -5.25. The summed E-state index contributed by atoms with van der Waals surface area (Å²) in [4.78, 5) is 25.4. The lowest BCUT2D eigenvalue weighted by molar-refractivity contribution is -0.145. The molecule has 51 heavy (non-hydrogen) atoms. The van der Waals surface area contributed by atoms with Crippen LogP contribution in [0.25, 0.3) is 11.1 Å². The van der Waals surface area contributed by atoms with Gasteiger partial charge in [0.05, 0.1) is 50.8 Å². The molecule has 1 aromatic heterocycles. The number of anilines is 1. The van der Waals surface area contributed by atoms with Crippen molar-refractivity contribution in [2.75, 3.05) is 25.7 Å². The first-order chi connectivity index (χ1) is 24.0. The number of methoxy groups -OCH3 is 2. The van der Waals surface area contributed by atoms with E-state index < -0.39 is 36.0 Å². The van der Waals surface area contributed by atoms with Crippen molar-refractivity contribution in [3.63, 3.8) is 0 Å². The van der Waals surface area contributed by atoms with Gasteiger partial charge in [0.15, 0.2) is 17.2 Å². The van der Waals surface area contributed by atoms with Crippen LogP contribution in [0.2, 0.25) is 0 Å². The van der Waals surface area contributed by atoms with Gasteiger partial charge in [-0.1, -0.05) is 19.9 Å². The first-order valence-corrected chi connectivity index (χ1v) is 15.5. The maximum Gasteiger partial charge on any atom is 0.416 e. The fraction of sp³-hybridized carbons (Fsp3) is 0.343. The zero-order valence-electron chi connectivity index (χ0n) is 28.1. The number of hydrogen-bond acceptors (Lipinski definition) is 10. The average molecular weight is 723 g/mol. The Bertz CT molecular complexity index is 1780. The highest BCUT2D eigenvalue weighted by molar-refractivity contribution is 5.77. The molecule has 0 saturated carbocycles. The summed E-state index contributed by atoms with van der Waals surface area (Å²) in [5, 5.41) is 10.8. The predicted molar refractivity (Wildman–Crippen MR) is 174 cm³/mol. The predicted octanol–water partition coefficient (Wildman–Crippen LogP) is 7.81. The zero-order valence-corrected chi connectivity index (χ0v) is 28.1. The van der Waals surface area contributed by atoms with Crippen LogP contribution in [-0.2, 0) is 35.1 Å². The van der Waals surface area contributed by atoms with Gasteiger partial charge in [-0.3, -0.25) is 4.79 Å². The summed E-state index contributed by atoms with van der Waals surface area (Å²) in [5.41, 5.74) is -0.865. The van der Waals surface area contributed by atoms with Crippen LogP contribution in [0, 0.1) is 0 Å². The number of alkyl halides is 6. The third-order valence-electron chi connectivity index (χ3n) is 7.79. The summed E-state index contributed by atoms with van der Waals surface area (Å²) in [6.07, 6.45) is -7.33. The largest absolute Gasteiger partial charge is 0.504 e. The minimum absolute atomic E-state index is 0.0105. The Morgan fingerprint density at radius 3 is 2.04 bits per heavy atom. The van der Waals surface area contributed by atoms with Crippen LogP contribution in [0.4, 0.5) is 32.3 Å². The van der Waals surface area contributed by atoms with E-state index in [1.165, 1.54) is 43.6 Å². The van der Waals surface area contributed by atoms with E-state index in [2.05, 4.69) is 14.8 Å². The van der Waals surface area contributed by atoms with Gasteiger partial charge in [-0.25, -0.2) is 9.97 Å². The Kier molecular flexibility index (Phi) is 12.2. The molecule has 0 aliphatic rings. The molecule has 16 heteroatoms. The molecule has 0 radical (unpaired) electrons. The second-order valence-electron chi connectivity index (χ2n) is 11.7. The zero-order chi connectivity index (χ0) is 37.5. The maximum absolute atomic E-state index is 13.8. The number of nitrogens with two attached hydrogens (primary N) is 1. The third kappa shape index (κ3) is 9.93. The molecular formula is C35H36F6N4O6. The van der Waals surface area contributed by atoms with Gasteiger partial charge in [0, 0.05) is 18.7 Å². The number of carbonyl (C=O) groups is 1. The summed E-state index contributed by atoms with van der Waals surface area (Å²) in [6, 6.07) is 9.80. The number of phenolic OH excluding ortho intramolecular Hbond substituents is 1.